The van der Waals surface area contributed by atoms with Gasteiger partial charge in [-0.05, 0) is 31.0 Å². The van der Waals surface area contributed by atoms with E-state index in [-0.39, 0.29) is 24.8 Å². The molecule has 1 aromatic heterocycles. The number of benzene rings is 1. The molecule has 1 aliphatic rings. The summed E-state index contributed by atoms with van der Waals surface area (Å²) in [6.07, 6.45) is 2.51. The zero-order valence-electron chi connectivity index (χ0n) is 12.5. The van der Waals surface area contributed by atoms with Crippen molar-refractivity contribution in [2.24, 2.45) is 5.41 Å². The molecule has 1 fully saturated rings. The number of hydrogen-bond acceptors (Lipinski definition) is 3. The molecule has 3 rings (SSSR count). The predicted octanol–water partition coefficient (Wildman–Crippen LogP) is 2.59. The van der Waals surface area contributed by atoms with E-state index in [2.05, 4.69) is 4.98 Å². The van der Waals surface area contributed by atoms with Crippen LogP contribution in [0.1, 0.15) is 24.6 Å². The van der Waals surface area contributed by atoms with Gasteiger partial charge in [0.05, 0.1) is 17.7 Å². The van der Waals surface area contributed by atoms with Crippen LogP contribution in [0.25, 0.3) is 0 Å². The Morgan fingerprint density at radius 3 is 2.50 bits per heavy atom. The molecule has 0 spiro atoms. The van der Waals surface area contributed by atoms with Crippen LogP contribution in [0.15, 0.2) is 54.7 Å². The minimum absolute atomic E-state index is 0.105. The SMILES string of the molecule is CC1(Cc2ccccc2)CC(=O)N(Cc2ccccn2)C1=O. The van der Waals surface area contributed by atoms with Crippen molar-refractivity contribution in [1.29, 1.82) is 0 Å². The number of likely N-dealkylation sites (tertiary alicyclic amines) is 1. The molecule has 0 saturated carbocycles. The Labute approximate surface area is 129 Å². The fourth-order valence-corrected chi connectivity index (χ4v) is 2.94. The number of aromatic nitrogens is 1. The van der Waals surface area contributed by atoms with Gasteiger partial charge in [-0.2, -0.15) is 0 Å². The number of hydrogen-bond donors (Lipinski definition) is 0. The summed E-state index contributed by atoms with van der Waals surface area (Å²) < 4.78 is 0. The summed E-state index contributed by atoms with van der Waals surface area (Å²) in [5, 5.41) is 0. The van der Waals surface area contributed by atoms with Crippen molar-refractivity contribution in [3.05, 3.63) is 66.0 Å². The van der Waals surface area contributed by atoms with Crippen LogP contribution >= 0.6 is 0 Å². The van der Waals surface area contributed by atoms with Crippen molar-refractivity contribution in [2.45, 2.75) is 26.3 Å². The highest BCUT2D eigenvalue weighted by Crippen LogP contribution is 2.36. The van der Waals surface area contributed by atoms with E-state index in [0.717, 1.165) is 11.3 Å². The number of amides is 2. The third-order valence-electron chi connectivity index (χ3n) is 4.09. The zero-order chi connectivity index (χ0) is 15.6. The molecule has 4 heteroatoms. The summed E-state index contributed by atoms with van der Waals surface area (Å²) in [6, 6.07) is 15.3. The van der Waals surface area contributed by atoms with Crippen LogP contribution in [0, 0.1) is 5.41 Å². The van der Waals surface area contributed by atoms with Crippen molar-refractivity contribution in [1.82, 2.24) is 9.88 Å². The molecule has 2 aromatic rings. The Hall–Kier alpha value is -2.49. The average molecular weight is 294 g/mol. The van der Waals surface area contributed by atoms with Crippen LogP contribution in [0.3, 0.4) is 0 Å². The van der Waals surface area contributed by atoms with Crippen molar-refractivity contribution in [3.8, 4) is 0 Å². The molecule has 2 heterocycles. The van der Waals surface area contributed by atoms with E-state index < -0.39 is 5.41 Å². The largest absolute Gasteiger partial charge is 0.276 e. The number of carbonyl (C=O) groups excluding carboxylic acids is 2. The Balaban J connectivity index is 1.78. The topological polar surface area (TPSA) is 50.3 Å². The highest BCUT2D eigenvalue weighted by molar-refractivity contribution is 6.05. The van der Waals surface area contributed by atoms with E-state index >= 15 is 0 Å². The molecular formula is C18H18N2O2. The van der Waals surface area contributed by atoms with Gasteiger partial charge in [-0.25, -0.2) is 0 Å². The molecule has 1 atom stereocenters. The normalized spacial score (nSPS) is 21.4. The maximum atomic E-state index is 12.7. The number of rotatable bonds is 4. The summed E-state index contributed by atoms with van der Waals surface area (Å²) >= 11 is 0. The zero-order valence-corrected chi connectivity index (χ0v) is 12.5. The van der Waals surface area contributed by atoms with Gasteiger partial charge >= 0.3 is 0 Å². The van der Waals surface area contributed by atoms with E-state index in [1.807, 2.05) is 55.5 Å². The molecule has 0 radical (unpaired) electrons. The standard InChI is InChI=1S/C18H18N2O2/c1-18(11-14-7-3-2-4-8-14)12-16(21)20(17(18)22)13-15-9-5-6-10-19-15/h2-10H,11-13H2,1H3. The summed E-state index contributed by atoms with van der Waals surface area (Å²) in [7, 11) is 0. The van der Waals surface area contributed by atoms with Crippen molar-refractivity contribution in [2.75, 3.05) is 0 Å². The van der Waals surface area contributed by atoms with Crippen LogP contribution in [-0.2, 0) is 22.6 Å². The van der Waals surface area contributed by atoms with Gasteiger partial charge in [0.2, 0.25) is 11.8 Å². The molecule has 1 aromatic carbocycles. The number of nitrogens with zero attached hydrogens (tertiary/aromatic N) is 2. The Morgan fingerprint density at radius 2 is 1.82 bits per heavy atom. The average Bonchev–Trinajstić information content (AvgIpc) is 2.73. The lowest BCUT2D eigenvalue weighted by Gasteiger charge is -2.22. The summed E-state index contributed by atoms with van der Waals surface area (Å²) in [6.45, 7) is 2.13. The van der Waals surface area contributed by atoms with Gasteiger partial charge in [0.25, 0.3) is 0 Å². The first-order valence-corrected chi connectivity index (χ1v) is 7.37. The van der Waals surface area contributed by atoms with Crippen molar-refractivity contribution < 1.29 is 9.59 Å². The van der Waals surface area contributed by atoms with Gasteiger partial charge in [0.15, 0.2) is 0 Å². The molecule has 1 unspecified atom stereocenters. The summed E-state index contributed by atoms with van der Waals surface area (Å²) in [5.41, 5.74) is 1.15. The molecule has 0 bridgehead atoms. The van der Waals surface area contributed by atoms with E-state index in [4.69, 9.17) is 0 Å². The minimum atomic E-state index is -0.660. The highest BCUT2D eigenvalue weighted by atomic mass is 16.2. The second kappa shape index (κ2) is 5.72. The molecule has 4 nitrogen and oxygen atoms in total. The fourth-order valence-electron chi connectivity index (χ4n) is 2.94. The Kier molecular flexibility index (Phi) is 3.75. The smallest absolute Gasteiger partial charge is 0.236 e. The van der Waals surface area contributed by atoms with Crippen LogP contribution in [0.5, 0.6) is 0 Å². The van der Waals surface area contributed by atoms with Gasteiger partial charge in [0.1, 0.15) is 0 Å². The fraction of sp³-hybridized carbons (Fsp3) is 0.278. The van der Waals surface area contributed by atoms with Crippen molar-refractivity contribution in [3.63, 3.8) is 0 Å². The molecule has 112 valence electrons. The number of carbonyl (C=O) groups is 2. The number of pyridine rings is 1. The molecular weight excluding hydrogens is 276 g/mol. The summed E-state index contributed by atoms with van der Waals surface area (Å²) in [4.78, 5) is 30.5. The lowest BCUT2D eigenvalue weighted by Crippen LogP contribution is -2.35. The first-order valence-electron chi connectivity index (χ1n) is 7.37. The molecule has 1 saturated heterocycles. The van der Waals surface area contributed by atoms with Crippen LogP contribution < -0.4 is 0 Å². The van der Waals surface area contributed by atoms with Crippen LogP contribution in [0.4, 0.5) is 0 Å². The molecule has 22 heavy (non-hydrogen) atoms. The third kappa shape index (κ3) is 2.77. The van der Waals surface area contributed by atoms with E-state index in [1.165, 1.54) is 4.90 Å². The van der Waals surface area contributed by atoms with Gasteiger partial charge < -0.3 is 0 Å². The molecule has 2 amide bonds. The van der Waals surface area contributed by atoms with Gasteiger partial charge in [-0.3, -0.25) is 19.5 Å². The maximum Gasteiger partial charge on any atom is 0.236 e. The first kappa shape index (κ1) is 14.4. The minimum Gasteiger partial charge on any atom is -0.276 e. The van der Waals surface area contributed by atoms with Gasteiger partial charge in [-0.15, -0.1) is 0 Å². The second-order valence-corrected chi connectivity index (χ2v) is 6.01. The third-order valence-corrected chi connectivity index (χ3v) is 4.09. The first-order chi connectivity index (χ1) is 10.6. The highest BCUT2D eigenvalue weighted by Gasteiger charge is 2.47. The maximum absolute atomic E-state index is 12.7. The predicted molar refractivity (Wildman–Crippen MR) is 82.7 cm³/mol. The summed E-state index contributed by atoms with van der Waals surface area (Å²) in [5.74, 6) is -0.221. The number of imide groups is 1. The van der Waals surface area contributed by atoms with Gasteiger partial charge in [0, 0.05) is 12.6 Å². The van der Waals surface area contributed by atoms with Crippen LogP contribution in [0.2, 0.25) is 0 Å². The lowest BCUT2D eigenvalue weighted by molar-refractivity contribution is -0.141. The molecule has 1 aliphatic heterocycles. The quantitative estimate of drug-likeness (QED) is 0.814. The van der Waals surface area contributed by atoms with E-state index in [9.17, 15) is 9.59 Å². The molecule has 0 N–H and O–H groups in total. The van der Waals surface area contributed by atoms with Crippen LogP contribution in [-0.4, -0.2) is 21.7 Å². The van der Waals surface area contributed by atoms with Gasteiger partial charge in [-0.1, -0.05) is 36.4 Å². The van der Waals surface area contributed by atoms with E-state index in [1.54, 1.807) is 6.20 Å². The molecule has 0 aliphatic carbocycles. The lowest BCUT2D eigenvalue weighted by atomic mass is 9.82. The monoisotopic (exact) mass is 294 g/mol. The Bertz CT molecular complexity index is 685. The second-order valence-electron chi connectivity index (χ2n) is 6.01. The van der Waals surface area contributed by atoms with E-state index in [0.29, 0.717) is 6.42 Å². The van der Waals surface area contributed by atoms with Crippen molar-refractivity contribution >= 4 is 11.8 Å². The Morgan fingerprint density at radius 1 is 1.09 bits per heavy atom.